The minimum Gasteiger partial charge on any atom is -0.444 e. The van der Waals surface area contributed by atoms with E-state index in [-0.39, 0.29) is 36.9 Å². The van der Waals surface area contributed by atoms with Gasteiger partial charge in [0.2, 0.25) is 0 Å². The Kier molecular flexibility index (Phi) is 6.82. The Morgan fingerprint density at radius 2 is 1.96 bits per heavy atom. The van der Waals surface area contributed by atoms with Gasteiger partial charge in [0.05, 0.1) is 17.9 Å². The van der Waals surface area contributed by atoms with Crippen molar-refractivity contribution in [3.8, 4) is 0 Å². The SMILES string of the molecule is Cc1cccc([C@H](C)c2cn(COC(=O)C(C)C)cn2)c1C.Cl. The summed E-state index contributed by atoms with van der Waals surface area (Å²) in [6.07, 6.45) is 3.66. The highest BCUT2D eigenvalue weighted by molar-refractivity contribution is 5.85. The molecule has 1 aromatic carbocycles. The molecule has 0 saturated carbocycles. The lowest BCUT2D eigenvalue weighted by molar-refractivity contribution is -0.151. The molecule has 0 fully saturated rings. The molecule has 0 N–H and O–H groups in total. The molecule has 0 saturated heterocycles. The molecule has 1 aromatic heterocycles. The second kappa shape index (κ2) is 8.16. The van der Waals surface area contributed by atoms with Crippen LogP contribution in [0.5, 0.6) is 0 Å². The van der Waals surface area contributed by atoms with Crippen molar-refractivity contribution in [2.24, 2.45) is 5.92 Å². The number of benzene rings is 1. The van der Waals surface area contributed by atoms with Crippen LogP contribution in [0.3, 0.4) is 0 Å². The molecule has 1 heterocycles. The first-order valence-corrected chi connectivity index (χ1v) is 7.64. The lowest BCUT2D eigenvalue weighted by Crippen LogP contribution is -2.13. The minimum atomic E-state index is -0.196. The first kappa shape index (κ1) is 19.2. The summed E-state index contributed by atoms with van der Waals surface area (Å²) >= 11 is 0. The van der Waals surface area contributed by atoms with Crippen molar-refractivity contribution in [3.63, 3.8) is 0 Å². The molecule has 0 aliphatic carbocycles. The number of nitrogens with zero attached hydrogens (tertiary/aromatic N) is 2. The molecule has 126 valence electrons. The van der Waals surface area contributed by atoms with Crippen LogP contribution in [-0.2, 0) is 16.3 Å². The molecule has 0 bridgehead atoms. The monoisotopic (exact) mass is 336 g/mol. The zero-order chi connectivity index (χ0) is 16.3. The molecular formula is C18H25ClN2O2. The van der Waals surface area contributed by atoms with E-state index >= 15 is 0 Å². The van der Waals surface area contributed by atoms with Crippen molar-refractivity contribution in [1.82, 2.24) is 9.55 Å². The van der Waals surface area contributed by atoms with Crippen LogP contribution in [0.15, 0.2) is 30.7 Å². The van der Waals surface area contributed by atoms with E-state index < -0.39 is 0 Å². The van der Waals surface area contributed by atoms with Gasteiger partial charge in [-0.25, -0.2) is 4.98 Å². The van der Waals surface area contributed by atoms with Gasteiger partial charge in [0, 0.05) is 12.1 Å². The van der Waals surface area contributed by atoms with Gasteiger partial charge in [-0.1, -0.05) is 39.0 Å². The zero-order valence-corrected chi connectivity index (χ0v) is 15.2. The van der Waals surface area contributed by atoms with Crippen molar-refractivity contribution < 1.29 is 9.53 Å². The molecule has 2 rings (SSSR count). The number of hydrogen-bond acceptors (Lipinski definition) is 3. The summed E-state index contributed by atoms with van der Waals surface area (Å²) in [5.41, 5.74) is 4.85. The van der Waals surface area contributed by atoms with Gasteiger partial charge in [-0.3, -0.25) is 4.79 Å². The van der Waals surface area contributed by atoms with Crippen LogP contribution in [-0.4, -0.2) is 15.5 Å². The average molecular weight is 337 g/mol. The molecule has 0 unspecified atom stereocenters. The lowest BCUT2D eigenvalue weighted by atomic mass is 9.92. The van der Waals surface area contributed by atoms with E-state index in [4.69, 9.17) is 4.74 Å². The molecule has 4 nitrogen and oxygen atoms in total. The summed E-state index contributed by atoms with van der Waals surface area (Å²) in [6.45, 7) is 10.3. The van der Waals surface area contributed by atoms with Crippen LogP contribution in [0.1, 0.15) is 49.1 Å². The van der Waals surface area contributed by atoms with Gasteiger partial charge in [0.1, 0.15) is 0 Å². The Labute approximate surface area is 144 Å². The molecule has 5 heteroatoms. The van der Waals surface area contributed by atoms with E-state index in [9.17, 15) is 4.79 Å². The van der Waals surface area contributed by atoms with Gasteiger partial charge in [0.15, 0.2) is 6.73 Å². The average Bonchev–Trinajstić information content (AvgIpc) is 2.95. The molecule has 2 aromatic rings. The zero-order valence-electron chi connectivity index (χ0n) is 14.4. The molecule has 0 aliphatic rings. The first-order chi connectivity index (χ1) is 10.4. The molecule has 0 spiro atoms. The molecule has 1 atom stereocenters. The van der Waals surface area contributed by atoms with Crippen LogP contribution in [0, 0.1) is 19.8 Å². The summed E-state index contributed by atoms with van der Waals surface area (Å²) in [4.78, 5) is 16.0. The summed E-state index contributed by atoms with van der Waals surface area (Å²) in [6, 6.07) is 6.34. The second-order valence-corrected chi connectivity index (χ2v) is 6.07. The maximum atomic E-state index is 11.5. The Balaban J connectivity index is 0.00000264. The summed E-state index contributed by atoms with van der Waals surface area (Å²) < 4.78 is 7.02. The predicted molar refractivity (Wildman–Crippen MR) is 93.8 cm³/mol. The number of rotatable bonds is 5. The van der Waals surface area contributed by atoms with Crippen molar-refractivity contribution in [2.45, 2.75) is 47.3 Å². The highest BCUT2D eigenvalue weighted by atomic mass is 35.5. The fourth-order valence-corrected chi connectivity index (χ4v) is 2.38. The predicted octanol–water partition coefficient (Wildman–Crippen LogP) is 4.23. The normalized spacial score (nSPS) is 11.9. The van der Waals surface area contributed by atoms with E-state index in [1.54, 1.807) is 10.9 Å². The number of hydrogen-bond donors (Lipinski definition) is 0. The smallest absolute Gasteiger partial charge is 0.310 e. The largest absolute Gasteiger partial charge is 0.444 e. The number of aryl methyl sites for hydroxylation is 1. The van der Waals surface area contributed by atoms with Gasteiger partial charge in [-0.2, -0.15) is 0 Å². The number of ether oxygens (including phenoxy) is 1. The quantitative estimate of drug-likeness (QED) is 0.767. The third kappa shape index (κ3) is 4.58. The van der Waals surface area contributed by atoms with E-state index in [0.29, 0.717) is 0 Å². The molecule has 23 heavy (non-hydrogen) atoms. The minimum absolute atomic E-state index is 0. The van der Waals surface area contributed by atoms with Gasteiger partial charge >= 0.3 is 5.97 Å². The fraction of sp³-hybridized carbons (Fsp3) is 0.444. The Morgan fingerprint density at radius 1 is 1.26 bits per heavy atom. The van der Waals surface area contributed by atoms with Crippen LogP contribution >= 0.6 is 12.4 Å². The van der Waals surface area contributed by atoms with E-state index in [2.05, 4.69) is 44.0 Å². The second-order valence-electron chi connectivity index (χ2n) is 6.07. The lowest BCUT2D eigenvalue weighted by Gasteiger charge is -2.14. The first-order valence-electron chi connectivity index (χ1n) is 7.64. The summed E-state index contributed by atoms with van der Waals surface area (Å²) in [5.74, 6) is -0.100. The number of carbonyl (C=O) groups is 1. The maximum absolute atomic E-state index is 11.5. The van der Waals surface area contributed by atoms with E-state index in [1.165, 1.54) is 16.7 Å². The van der Waals surface area contributed by atoms with Crippen molar-refractivity contribution in [3.05, 3.63) is 53.1 Å². The van der Waals surface area contributed by atoms with Crippen molar-refractivity contribution in [1.29, 1.82) is 0 Å². The number of halogens is 1. The van der Waals surface area contributed by atoms with Crippen LogP contribution < -0.4 is 0 Å². The molecule has 0 radical (unpaired) electrons. The van der Waals surface area contributed by atoms with Crippen molar-refractivity contribution in [2.75, 3.05) is 0 Å². The topological polar surface area (TPSA) is 44.1 Å². The number of imidazole rings is 1. The highest BCUT2D eigenvalue weighted by Gasteiger charge is 2.15. The standard InChI is InChI=1S/C18H24N2O2.ClH/c1-12(2)18(21)22-11-20-9-17(19-10-20)15(5)16-8-6-7-13(3)14(16)4;/h6-10,12,15H,11H2,1-5H3;1H/t15-;/m0./s1. The van der Waals surface area contributed by atoms with Crippen LogP contribution in [0.25, 0.3) is 0 Å². The fourth-order valence-electron chi connectivity index (χ4n) is 2.38. The number of esters is 1. The molecular weight excluding hydrogens is 312 g/mol. The van der Waals surface area contributed by atoms with Gasteiger partial charge in [0.25, 0.3) is 0 Å². The van der Waals surface area contributed by atoms with Crippen molar-refractivity contribution >= 4 is 18.4 Å². The number of carbonyl (C=O) groups excluding carboxylic acids is 1. The van der Waals surface area contributed by atoms with E-state index in [0.717, 1.165) is 5.69 Å². The van der Waals surface area contributed by atoms with E-state index in [1.807, 2.05) is 20.0 Å². The Bertz CT molecular complexity index is 665. The highest BCUT2D eigenvalue weighted by Crippen LogP contribution is 2.27. The maximum Gasteiger partial charge on any atom is 0.310 e. The third-order valence-electron chi connectivity index (χ3n) is 4.04. The summed E-state index contributed by atoms with van der Waals surface area (Å²) in [7, 11) is 0. The number of aromatic nitrogens is 2. The van der Waals surface area contributed by atoms with Crippen LogP contribution in [0.2, 0.25) is 0 Å². The summed E-state index contributed by atoms with van der Waals surface area (Å²) in [5, 5.41) is 0. The van der Waals surface area contributed by atoms with Gasteiger partial charge in [-0.15, -0.1) is 12.4 Å². The van der Waals surface area contributed by atoms with Crippen LogP contribution in [0.4, 0.5) is 0 Å². The van der Waals surface area contributed by atoms with Gasteiger partial charge in [-0.05, 0) is 30.5 Å². The Hall–Kier alpha value is -1.81. The van der Waals surface area contributed by atoms with Gasteiger partial charge < -0.3 is 9.30 Å². The Morgan fingerprint density at radius 3 is 2.61 bits per heavy atom. The molecule has 0 amide bonds. The molecule has 0 aliphatic heterocycles. The third-order valence-corrected chi connectivity index (χ3v) is 4.04.